The Labute approximate surface area is 197 Å². The largest absolute Gasteiger partial charge is 0.434 e. The summed E-state index contributed by atoms with van der Waals surface area (Å²) in [6.07, 6.45) is 1.19. The zero-order valence-electron chi connectivity index (χ0n) is 19.4. The van der Waals surface area contributed by atoms with E-state index in [0.29, 0.717) is 30.8 Å². The van der Waals surface area contributed by atoms with Crippen molar-refractivity contribution in [1.29, 1.82) is 0 Å². The van der Waals surface area contributed by atoms with Gasteiger partial charge < -0.3 is 20.3 Å². The number of carbonyl (C=O) groups excluding carboxylic acids is 3. The van der Waals surface area contributed by atoms with Crippen LogP contribution in [0.4, 0.5) is 20.2 Å². The SMILES string of the molecule is Cc1ccc(NC(=O)C(C)C)cc1NC(=O)C1CCCN(C(=O)c2ccccc2OC(F)F)C1. The number of para-hydroxylation sites is 1. The fraction of sp³-hybridized carbons (Fsp3) is 0.400. The predicted molar refractivity (Wildman–Crippen MR) is 125 cm³/mol. The molecule has 2 aromatic rings. The lowest BCUT2D eigenvalue weighted by Gasteiger charge is -2.32. The monoisotopic (exact) mass is 473 g/mol. The van der Waals surface area contributed by atoms with Crippen LogP contribution in [-0.4, -0.2) is 42.3 Å². The predicted octanol–water partition coefficient (Wildman–Crippen LogP) is 4.68. The van der Waals surface area contributed by atoms with Gasteiger partial charge in [-0.05, 0) is 49.6 Å². The Morgan fingerprint density at radius 2 is 1.82 bits per heavy atom. The minimum Gasteiger partial charge on any atom is -0.434 e. The van der Waals surface area contributed by atoms with E-state index in [1.165, 1.54) is 23.1 Å². The number of carbonyl (C=O) groups is 3. The summed E-state index contributed by atoms with van der Waals surface area (Å²) in [5, 5.41) is 5.72. The number of aryl methyl sites for hydroxylation is 1. The average molecular weight is 474 g/mol. The maximum atomic E-state index is 13.0. The molecule has 182 valence electrons. The fourth-order valence-corrected chi connectivity index (χ4v) is 3.74. The maximum Gasteiger partial charge on any atom is 0.387 e. The molecule has 1 unspecified atom stereocenters. The lowest BCUT2D eigenvalue weighted by Crippen LogP contribution is -2.44. The molecular weight excluding hydrogens is 444 g/mol. The Morgan fingerprint density at radius 3 is 2.53 bits per heavy atom. The third kappa shape index (κ3) is 6.30. The van der Waals surface area contributed by atoms with Crippen molar-refractivity contribution in [1.82, 2.24) is 4.90 Å². The highest BCUT2D eigenvalue weighted by Crippen LogP contribution is 2.27. The van der Waals surface area contributed by atoms with Crippen molar-refractivity contribution >= 4 is 29.1 Å². The Balaban J connectivity index is 1.70. The Morgan fingerprint density at radius 1 is 1.09 bits per heavy atom. The van der Waals surface area contributed by atoms with Gasteiger partial charge in [0.25, 0.3) is 5.91 Å². The summed E-state index contributed by atoms with van der Waals surface area (Å²) in [6.45, 7) is 2.97. The summed E-state index contributed by atoms with van der Waals surface area (Å²) in [5.41, 5.74) is 2.02. The number of ether oxygens (including phenoxy) is 1. The summed E-state index contributed by atoms with van der Waals surface area (Å²) < 4.78 is 29.9. The van der Waals surface area contributed by atoms with Gasteiger partial charge in [-0.3, -0.25) is 14.4 Å². The van der Waals surface area contributed by atoms with E-state index >= 15 is 0 Å². The first-order valence-electron chi connectivity index (χ1n) is 11.2. The summed E-state index contributed by atoms with van der Waals surface area (Å²) in [4.78, 5) is 39.5. The third-order valence-corrected chi connectivity index (χ3v) is 5.70. The Kier molecular flexibility index (Phi) is 8.20. The number of amides is 3. The number of alkyl halides is 2. The van der Waals surface area contributed by atoms with E-state index < -0.39 is 18.4 Å². The molecule has 2 aromatic carbocycles. The van der Waals surface area contributed by atoms with Crippen molar-refractivity contribution in [3.05, 3.63) is 53.6 Å². The number of benzene rings is 2. The van der Waals surface area contributed by atoms with E-state index in [0.717, 1.165) is 5.56 Å². The van der Waals surface area contributed by atoms with Crippen LogP contribution in [0.15, 0.2) is 42.5 Å². The van der Waals surface area contributed by atoms with Gasteiger partial charge in [0.15, 0.2) is 0 Å². The molecule has 0 radical (unpaired) electrons. The van der Waals surface area contributed by atoms with Crippen LogP contribution in [0.3, 0.4) is 0 Å². The van der Waals surface area contributed by atoms with Gasteiger partial charge in [-0.15, -0.1) is 0 Å². The minimum atomic E-state index is -3.04. The molecule has 0 aromatic heterocycles. The molecule has 0 spiro atoms. The molecule has 34 heavy (non-hydrogen) atoms. The molecule has 1 aliphatic rings. The number of piperidine rings is 1. The van der Waals surface area contributed by atoms with Crippen molar-refractivity contribution in [3.8, 4) is 5.75 Å². The topological polar surface area (TPSA) is 87.7 Å². The Bertz CT molecular complexity index is 1060. The molecule has 1 atom stereocenters. The highest BCUT2D eigenvalue weighted by Gasteiger charge is 2.30. The average Bonchev–Trinajstić information content (AvgIpc) is 2.80. The molecule has 0 bridgehead atoms. The lowest BCUT2D eigenvalue weighted by molar-refractivity contribution is -0.121. The number of halogens is 2. The lowest BCUT2D eigenvalue weighted by atomic mass is 9.96. The van der Waals surface area contributed by atoms with Crippen molar-refractivity contribution in [3.63, 3.8) is 0 Å². The molecule has 2 N–H and O–H groups in total. The summed E-state index contributed by atoms with van der Waals surface area (Å²) in [6, 6.07) is 11.1. The molecule has 3 amide bonds. The van der Waals surface area contributed by atoms with Crippen LogP contribution in [0.2, 0.25) is 0 Å². The van der Waals surface area contributed by atoms with Gasteiger partial charge in [0.1, 0.15) is 5.75 Å². The maximum absolute atomic E-state index is 13.0. The molecular formula is C25H29F2N3O4. The molecule has 3 rings (SSSR count). The number of nitrogens with zero attached hydrogens (tertiary/aromatic N) is 1. The second-order valence-electron chi connectivity index (χ2n) is 8.63. The Hall–Kier alpha value is -3.49. The first-order chi connectivity index (χ1) is 16.2. The third-order valence-electron chi connectivity index (χ3n) is 5.70. The fourth-order valence-electron chi connectivity index (χ4n) is 3.74. The van der Waals surface area contributed by atoms with Gasteiger partial charge in [0.05, 0.1) is 11.5 Å². The van der Waals surface area contributed by atoms with Gasteiger partial charge in [-0.2, -0.15) is 8.78 Å². The van der Waals surface area contributed by atoms with E-state index in [9.17, 15) is 23.2 Å². The van der Waals surface area contributed by atoms with Crippen LogP contribution in [-0.2, 0) is 9.59 Å². The van der Waals surface area contributed by atoms with Gasteiger partial charge in [0.2, 0.25) is 11.8 Å². The van der Waals surface area contributed by atoms with Crippen LogP contribution in [0.5, 0.6) is 5.75 Å². The van der Waals surface area contributed by atoms with Gasteiger partial charge in [0, 0.05) is 30.4 Å². The standard InChI is InChI=1S/C25H29F2N3O4/c1-15(2)22(31)28-18-11-10-16(3)20(13-18)29-23(32)17-7-6-12-30(14-17)24(33)19-8-4-5-9-21(19)34-25(26)27/h4-5,8-11,13,15,17,25H,6-7,12,14H2,1-3H3,(H,28,31)(H,29,32). The highest BCUT2D eigenvalue weighted by molar-refractivity contribution is 5.99. The highest BCUT2D eigenvalue weighted by atomic mass is 19.3. The molecule has 1 heterocycles. The molecule has 0 saturated carbocycles. The van der Waals surface area contributed by atoms with Crippen LogP contribution in [0.1, 0.15) is 42.6 Å². The van der Waals surface area contributed by atoms with E-state index in [-0.39, 0.29) is 35.6 Å². The van der Waals surface area contributed by atoms with E-state index in [2.05, 4.69) is 15.4 Å². The molecule has 9 heteroatoms. The minimum absolute atomic E-state index is 0.0355. The van der Waals surface area contributed by atoms with Crippen LogP contribution in [0.25, 0.3) is 0 Å². The van der Waals surface area contributed by atoms with E-state index in [1.807, 2.05) is 13.0 Å². The number of anilines is 2. The van der Waals surface area contributed by atoms with Gasteiger partial charge in [-0.25, -0.2) is 0 Å². The number of hydrogen-bond donors (Lipinski definition) is 2. The van der Waals surface area contributed by atoms with Gasteiger partial charge in [-0.1, -0.05) is 32.0 Å². The smallest absolute Gasteiger partial charge is 0.387 e. The molecule has 1 aliphatic heterocycles. The van der Waals surface area contributed by atoms with Crippen molar-refractivity contribution < 1.29 is 27.9 Å². The molecule has 1 fully saturated rings. The van der Waals surface area contributed by atoms with E-state index in [4.69, 9.17) is 0 Å². The zero-order chi connectivity index (χ0) is 24.8. The second-order valence-corrected chi connectivity index (χ2v) is 8.63. The quantitative estimate of drug-likeness (QED) is 0.611. The van der Waals surface area contributed by atoms with Crippen LogP contribution >= 0.6 is 0 Å². The van der Waals surface area contributed by atoms with Crippen molar-refractivity contribution in [2.75, 3.05) is 23.7 Å². The second kappa shape index (κ2) is 11.1. The molecule has 0 aliphatic carbocycles. The molecule has 7 nitrogen and oxygen atoms in total. The normalized spacial score (nSPS) is 15.9. The number of hydrogen-bond acceptors (Lipinski definition) is 4. The van der Waals surface area contributed by atoms with Crippen LogP contribution < -0.4 is 15.4 Å². The first kappa shape index (κ1) is 25.1. The summed E-state index contributed by atoms with van der Waals surface area (Å²) in [7, 11) is 0. The number of nitrogens with one attached hydrogen (secondary N) is 2. The number of likely N-dealkylation sites (tertiary alicyclic amines) is 1. The first-order valence-corrected chi connectivity index (χ1v) is 11.2. The van der Waals surface area contributed by atoms with E-state index in [1.54, 1.807) is 32.0 Å². The zero-order valence-corrected chi connectivity index (χ0v) is 19.4. The van der Waals surface area contributed by atoms with Crippen LogP contribution in [0, 0.1) is 18.8 Å². The van der Waals surface area contributed by atoms with Gasteiger partial charge >= 0.3 is 6.61 Å². The van der Waals surface area contributed by atoms with Crippen molar-refractivity contribution in [2.24, 2.45) is 11.8 Å². The number of rotatable bonds is 7. The summed E-state index contributed by atoms with van der Waals surface area (Å²) in [5.74, 6) is -1.66. The summed E-state index contributed by atoms with van der Waals surface area (Å²) >= 11 is 0. The molecule has 1 saturated heterocycles. The van der Waals surface area contributed by atoms with Crippen molar-refractivity contribution in [2.45, 2.75) is 40.2 Å².